The molecular weight excluding hydrogens is 350 g/mol. The van der Waals surface area contributed by atoms with Crippen LogP contribution in [-0.4, -0.2) is 36.0 Å². The van der Waals surface area contributed by atoms with E-state index in [-0.39, 0.29) is 17.9 Å². The lowest BCUT2D eigenvalue weighted by Crippen LogP contribution is -2.21. The molecule has 2 N–H and O–H groups in total. The molecule has 0 aliphatic rings. The van der Waals surface area contributed by atoms with Crippen molar-refractivity contribution in [1.29, 1.82) is 5.26 Å². The Kier molecular flexibility index (Phi) is 6.33. The number of amides is 1. The van der Waals surface area contributed by atoms with Crippen LogP contribution in [0.4, 0.5) is 5.69 Å². The van der Waals surface area contributed by atoms with Gasteiger partial charge in [0, 0.05) is 11.4 Å². The molecule has 2 aromatic rings. The molecule has 0 radical (unpaired) electrons. The first kappa shape index (κ1) is 19.7. The van der Waals surface area contributed by atoms with E-state index in [2.05, 4.69) is 10.3 Å². The molecule has 0 spiro atoms. The fourth-order valence-corrected chi connectivity index (χ4v) is 2.53. The van der Waals surface area contributed by atoms with Crippen LogP contribution < -0.4 is 5.32 Å². The van der Waals surface area contributed by atoms with Gasteiger partial charge < -0.3 is 19.8 Å². The van der Waals surface area contributed by atoms with Gasteiger partial charge in [0.05, 0.1) is 23.8 Å². The van der Waals surface area contributed by atoms with Crippen molar-refractivity contribution < 1.29 is 23.9 Å². The number of nitrogens with zero attached hydrogens (tertiary/aromatic N) is 1. The summed E-state index contributed by atoms with van der Waals surface area (Å²) in [6.45, 7) is 4.64. The molecule has 1 heterocycles. The molecule has 0 aliphatic carbocycles. The van der Waals surface area contributed by atoms with Gasteiger partial charge in [-0.3, -0.25) is 4.79 Å². The van der Waals surface area contributed by atoms with Gasteiger partial charge in [-0.25, -0.2) is 9.59 Å². The minimum absolute atomic E-state index is 0.0924. The van der Waals surface area contributed by atoms with Crippen molar-refractivity contribution in [3.8, 4) is 6.07 Å². The number of carbonyl (C=O) groups excluding carboxylic acids is 3. The SMILES string of the molecule is CCOC(=O)c1c(C)[nH]c(C(=O)OCC(=O)Nc2cccc(C#N)c2)c1C. The molecule has 1 aromatic heterocycles. The summed E-state index contributed by atoms with van der Waals surface area (Å²) in [4.78, 5) is 38.9. The third-order valence-corrected chi connectivity index (χ3v) is 3.73. The molecule has 27 heavy (non-hydrogen) atoms. The van der Waals surface area contributed by atoms with Gasteiger partial charge in [0.1, 0.15) is 5.69 Å². The Morgan fingerprint density at radius 3 is 2.59 bits per heavy atom. The Morgan fingerprint density at radius 1 is 1.19 bits per heavy atom. The van der Waals surface area contributed by atoms with Gasteiger partial charge in [-0.2, -0.15) is 5.26 Å². The van der Waals surface area contributed by atoms with Crippen LogP contribution in [0.1, 0.15) is 44.6 Å². The third kappa shape index (κ3) is 4.73. The summed E-state index contributed by atoms with van der Waals surface area (Å²) in [5.41, 5.74) is 2.07. The number of nitriles is 1. The van der Waals surface area contributed by atoms with E-state index in [4.69, 9.17) is 14.7 Å². The monoisotopic (exact) mass is 369 g/mol. The highest BCUT2D eigenvalue weighted by atomic mass is 16.5. The number of esters is 2. The first-order valence-corrected chi connectivity index (χ1v) is 8.20. The van der Waals surface area contributed by atoms with E-state index in [0.29, 0.717) is 22.5 Å². The third-order valence-electron chi connectivity index (χ3n) is 3.73. The number of benzene rings is 1. The van der Waals surface area contributed by atoms with E-state index < -0.39 is 24.5 Å². The molecular formula is C19H19N3O5. The summed E-state index contributed by atoms with van der Waals surface area (Å²) in [6.07, 6.45) is 0. The predicted molar refractivity (Wildman–Crippen MR) is 96.3 cm³/mol. The molecule has 8 nitrogen and oxygen atoms in total. The van der Waals surface area contributed by atoms with Crippen LogP contribution in [0, 0.1) is 25.2 Å². The summed E-state index contributed by atoms with van der Waals surface area (Å²) >= 11 is 0. The maximum atomic E-state index is 12.2. The van der Waals surface area contributed by atoms with Crippen molar-refractivity contribution in [3.63, 3.8) is 0 Å². The Bertz CT molecular complexity index is 924. The maximum absolute atomic E-state index is 12.2. The number of anilines is 1. The number of hydrogen-bond acceptors (Lipinski definition) is 6. The van der Waals surface area contributed by atoms with E-state index in [9.17, 15) is 14.4 Å². The van der Waals surface area contributed by atoms with Crippen LogP contribution in [-0.2, 0) is 14.3 Å². The van der Waals surface area contributed by atoms with Crippen molar-refractivity contribution in [1.82, 2.24) is 4.98 Å². The molecule has 2 rings (SSSR count). The lowest BCUT2D eigenvalue weighted by molar-refractivity contribution is -0.119. The molecule has 140 valence electrons. The van der Waals surface area contributed by atoms with Crippen LogP contribution in [0.25, 0.3) is 0 Å². The maximum Gasteiger partial charge on any atom is 0.355 e. The molecule has 0 bridgehead atoms. The predicted octanol–water partition coefficient (Wildman–Crippen LogP) is 2.48. The highest BCUT2D eigenvalue weighted by Gasteiger charge is 2.24. The van der Waals surface area contributed by atoms with Crippen molar-refractivity contribution in [3.05, 3.63) is 52.3 Å². The fraction of sp³-hybridized carbons (Fsp3) is 0.263. The fourth-order valence-electron chi connectivity index (χ4n) is 2.53. The number of nitrogens with one attached hydrogen (secondary N) is 2. The summed E-state index contributed by atoms with van der Waals surface area (Å²) in [5, 5.41) is 11.4. The zero-order chi connectivity index (χ0) is 20.0. The van der Waals surface area contributed by atoms with Gasteiger partial charge in [0.2, 0.25) is 0 Å². The second-order valence-electron chi connectivity index (χ2n) is 5.66. The van der Waals surface area contributed by atoms with E-state index in [0.717, 1.165) is 0 Å². The second-order valence-corrected chi connectivity index (χ2v) is 5.66. The molecule has 0 atom stereocenters. The van der Waals surface area contributed by atoms with Crippen molar-refractivity contribution >= 4 is 23.5 Å². The lowest BCUT2D eigenvalue weighted by Gasteiger charge is -2.07. The minimum Gasteiger partial charge on any atom is -0.462 e. The molecule has 0 unspecified atom stereocenters. The second kappa shape index (κ2) is 8.67. The molecule has 0 aliphatic heterocycles. The number of ether oxygens (including phenoxy) is 2. The number of aryl methyl sites for hydroxylation is 1. The van der Waals surface area contributed by atoms with Gasteiger partial charge in [-0.05, 0) is 44.5 Å². The van der Waals surface area contributed by atoms with Crippen LogP contribution >= 0.6 is 0 Å². The largest absolute Gasteiger partial charge is 0.462 e. The molecule has 0 saturated heterocycles. The summed E-state index contributed by atoms with van der Waals surface area (Å²) in [5.74, 6) is -1.84. The van der Waals surface area contributed by atoms with Gasteiger partial charge in [0.15, 0.2) is 6.61 Å². The topological polar surface area (TPSA) is 121 Å². The van der Waals surface area contributed by atoms with Crippen molar-refractivity contribution in [2.24, 2.45) is 0 Å². The summed E-state index contributed by atoms with van der Waals surface area (Å²) in [7, 11) is 0. The minimum atomic E-state index is -0.757. The summed E-state index contributed by atoms with van der Waals surface area (Å²) < 4.78 is 9.98. The van der Waals surface area contributed by atoms with E-state index >= 15 is 0 Å². The van der Waals surface area contributed by atoms with Crippen LogP contribution in [0.2, 0.25) is 0 Å². The van der Waals surface area contributed by atoms with Crippen molar-refractivity contribution in [2.45, 2.75) is 20.8 Å². The summed E-state index contributed by atoms with van der Waals surface area (Å²) in [6, 6.07) is 8.32. The van der Waals surface area contributed by atoms with Gasteiger partial charge in [-0.15, -0.1) is 0 Å². The van der Waals surface area contributed by atoms with Gasteiger partial charge in [0.25, 0.3) is 5.91 Å². The molecule has 1 aromatic carbocycles. The average molecular weight is 369 g/mol. The Morgan fingerprint density at radius 2 is 1.93 bits per heavy atom. The zero-order valence-corrected chi connectivity index (χ0v) is 15.2. The molecule has 8 heteroatoms. The van der Waals surface area contributed by atoms with Gasteiger partial charge >= 0.3 is 11.9 Å². The van der Waals surface area contributed by atoms with E-state index in [1.54, 1.807) is 39.0 Å². The molecule has 0 fully saturated rings. The van der Waals surface area contributed by atoms with E-state index in [1.165, 1.54) is 6.07 Å². The van der Waals surface area contributed by atoms with E-state index in [1.807, 2.05) is 6.07 Å². The highest BCUT2D eigenvalue weighted by Crippen LogP contribution is 2.20. The normalized spacial score (nSPS) is 10.0. The smallest absolute Gasteiger partial charge is 0.355 e. The number of aromatic amines is 1. The standard InChI is InChI=1S/C19H19N3O5/c1-4-26-18(24)16-11(2)17(21-12(16)3)19(25)27-10-15(23)22-14-7-5-6-13(8-14)9-20/h5-8,21H,4,10H2,1-3H3,(H,22,23). The molecule has 1 amide bonds. The molecule has 0 saturated carbocycles. The number of hydrogen-bond donors (Lipinski definition) is 2. The lowest BCUT2D eigenvalue weighted by atomic mass is 10.1. The number of H-pyrrole nitrogens is 1. The van der Waals surface area contributed by atoms with Gasteiger partial charge in [-0.1, -0.05) is 6.07 Å². The number of carbonyl (C=O) groups is 3. The Balaban J connectivity index is 2.01. The quantitative estimate of drug-likeness (QED) is 0.755. The van der Waals surface area contributed by atoms with Crippen molar-refractivity contribution in [2.75, 3.05) is 18.5 Å². The van der Waals surface area contributed by atoms with Crippen LogP contribution in [0.5, 0.6) is 0 Å². The first-order chi connectivity index (χ1) is 12.9. The highest BCUT2D eigenvalue weighted by molar-refractivity contribution is 5.99. The van der Waals surface area contributed by atoms with Crippen LogP contribution in [0.3, 0.4) is 0 Å². The Labute approximate surface area is 156 Å². The first-order valence-electron chi connectivity index (χ1n) is 8.20. The number of rotatable bonds is 6. The zero-order valence-electron chi connectivity index (χ0n) is 15.2. The average Bonchev–Trinajstić information content (AvgIpc) is 2.94. The number of aromatic nitrogens is 1. The van der Waals surface area contributed by atoms with Crippen LogP contribution in [0.15, 0.2) is 24.3 Å². The Hall–Kier alpha value is -3.60.